The molecule has 0 aliphatic heterocycles. The van der Waals surface area contributed by atoms with Crippen molar-refractivity contribution in [3.63, 3.8) is 0 Å². The number of amides is 1. The number of hydrogen-bond donors (Lipinski definition) is 1. The zero-order valence-corrected chi connectivity index (χ0v) is 10.4. The number of carbonyl (C=O) groups excluding carboxylic acids is 1. The molecule has 0 unspecified atom stereocenters. The highest BCUT2D eigenvalue weighted by Gasteiger charge is 2.09. The van der Waals surface area contributed by atoms with Crippen LogP contribution in [0.4, 0.5) is 5.95 Å². The van der Waals surface area contributed by atoms with Crippen LogP contribution < -0.4 is 5.32 Å². The highest BCUT2D eigenvalue weighted by atomic mass is 127. The fourth-order valence-electron chi connectivity index (χ4n) is 1.18. The maximum atomic E-state index is 11.8. The van der Waals surface area contributed by atoms with Gasteiger partial charge in [0.1, 0.15) is 0 Å². The number of nitrogens with zero attached hydrogens (tertiary/aromatic N) is 2. The zero-order chi connectivity index (χ0) is 11.4. The summed E-state index contributed by atoms with van der Waals surface area (Å²) in [6.07, 6.45) is 3.16. The summed E-state index contributed by atoms with van der Waals surface area (Å²) >= 11 is 2.12. The van der Waals surface area contributed by atoms with E-state index in [0.717, 1.165) is 3.57 Å². The van der Waals surface area contributed by atoms with Crippen molar-refractivity contribution in [3.05, 3.63) is 51.9 Å². The van der Waals surface area contributed by atoms with Gasteiger partial charge in [0.15, 0.2) is 0 Å². The number of halogens is 1. The third-order valence-electron chi connectivity index (χ3n) is 1.91. The monoisotopic (exact) mass is 325 g/mol. The van der Waals surface area contributed by atoms with Crippen LogP contribution in [0.25, 0.3) is 0 Å². The van der Waals surface area contributed by atoms with Crippen LogP contribution in [0, 0.1) is 3.57 Å². The van der Waals surface area contributed by atoms with E-state index in [2.05, 4.69) is 37.9 Å². The Morgan fingerprint density at radius 3 is 2.50 bits per heavy atom. The molecular formula is C11H8IN3O. The zero-order valence-electron chi connectivity index (χ0n) is 8.22. The van der Waals surface area contributed by atoms with Gasteiger partial charge in [0.05, 0.1) is 5.56 Å². The molecule has 1 aromatic heterocycles. The standard InChI is InChI=1S/C11H8IN3O/c12-9-5-2-1-4-8(9)10(16)15-11-13-6-3-7-14-11/h1-7H,(H,13,14,15,16). The molecule has 5 heteroatoms. The average molecular weight is 325 g/mol. The van der Waals surface area contributed by atoms with E-state index in [9.17, 15) is 4.79 Å². The molecule has 0 radical (unpaired) electrons. The molecule has 1 N–H and O–H groups in total. The first-order valence-electron chi connectivity index (χ1n) is 4.60. The highest BCUT2D eigenvalue weighted by molar-refractivity contribution is 14.1. The van der Waals surface area contributed by atoms with E-state index in [1.165, 1.54) is 0 Å². The molecule has 1 aromatic carbocycles. The number of anilines is 1. The number of carbonyl (C=O) groups is 1. The Bertz CT molecular complexity index is 502. The van der Waals surface area contributed by atoms with Crippen LogP contribution in [0.1, 0.15) is 10.4 Å². The van der Waals surface area contributed by atoms with Gasteiger partial charge < -0.3 is 0 Å². The third kappa shape index (κ3) is 2.54. The van der Waals surface area contributed by atoms with Gasteiger partial charge in [-0.2, -0.15) is 0 Å². The first kappa shape index (κ1) is 11.0. The smallest absolute Gasteiger partial charge is 0.259 e. The lowest BCUT2D eigenvalue weighted by molar-refractivity contribution is 0.102. The van der Waals surface area contributed by atoms with Crippen LogP contribution in [0.15, 0.2) is 42.7 Å². The van der Waals surface area contributed by atoms with Gasteiger partial charge in [-0.3, -0.25) is 10.1 Å². The first-order valence-corrected chi connectivity index (χ1v) is 5.68. The summed E-state index contributed by atoms with van der Waals surface area (Å²) in [6.45, 7) is 0. The molecule has 2 rings (SSSR count). The molecule has 0 saturated heterocycles. The van der Waals surface area contributed by atoms with Crippen molar-refractivity contribution in [1.82, 2.24) is 9.97 Å². The molecule has 80 valence electrons. The molecule has 0 spiro atoms. The van der Waals surface area contributed by atoms with Crippen molar-refractivity contribution in [2.75, 3.05) is 5.32 Å². The Morgan fingerprint density at radius 1 is 1.12 bits per heavy atom. The van der Waals surface area contributed by atoms with Crippen molar-refractivity contribution in [1.29, 1.82) is 0 Å². The second-order valence-corrected chi connectivity index (χ2v) is 4.17. The van der Waals surface area contributed by atoms with Crippen LogP contribution in [-0.2, 0) is 0 Å². The largest absolute Gasteiger partial charge is 0.290 e. The van der Waals surface area contributed by atoms with E-state index in [4.69, 9.17) is 0 Å². The Hall–Kier alpha value is -1.50. The molecule has 0 saturated carbocycles. The predicted molar refractivity (Wildman–Crippen MR) is 69.1 cm³/mol. The maximum Gasteiger partial charge on any atom is 0.259 e. The quantitative estimate of drug-likeness (QED) is 0.863. The van der Waals surface area contributed by atoms with Crippen LogP contribution in [0.5, 0.6) is 0 Å². The number of benzene rings is 1. The number of hydrogen-bond acceptors (Lipinski definition) is 3. The lowest BCUT2D eigenvalue weighted by Crippen LogP contribution is -2.15. The van der Waals surface area contributed by atoms with Gasteiger partial charge in [-0.15, -0.1) is 0 Å². The summed E-state index contributed by atoms with van der Waals surface area (Å²) in [7, 11) is 0. The van der Waals surface area contributed by atoms with E-state index >= 15 is 0 Å². The van der Waals surface area contributed by atoms with Gasteiger partial charge >= 0.3 is 0 Å². The van der Waals surface area contributed by atoms with Crippen LogP contribution in [0.3, 0.4) is 0 Å². The van der Waals surface area contributed by atoms with Crippen molar-refractivity contribution >= 4 is 34.4 Å². The summed E-state index contributed by atoms with van der Waals surface area (Å²) in [5.74, 6) is 0.114. The Kier molecular flexibility index (Phi) is 3.45. The lowest BCUT2D eigenvalue weighted by atomic mass is 10.2. The molecule has 1 amide bonds. The molecule has 4 nitrogen and oxygen atoms in total. The molecule has 0 bridgehead atoms. The molecule has 0 aliphatic carbocycles. The Balaban J connectivity index is 2.19. The fraction of sp³-hybridized carbons (Fsp3) is 0. The van der Waals surface area contributed by atoms with Crippen molar-refractivity contribution in [2.45, 2.75) is 0 Å². The summed E-state index contributed by atoms with van der Waals surface area (Å²) in [5.41, 5.74) is 0.621. The van der Waals surface area contributed by atoms with Crippen molar-refractivity contribution in [3.8, 4) is 0 Å². The molecule has 2 aromatic rings. The maximum absolute atomic E-state index is 11.8. The van der Waals surface area contributed by atoms with E-state index in [0.29, 0.717) is 11.5 Å². The van der Waals surface area contributed by atoms with Gasteiger partial charge in [-0.1, -0.05) is 12.1 Å². The summed E-state index contributed by atoms with van der Waals surface area (Å²) in [4.78, 5) is 19.7. The molecule has 16 heavy (non-hydrogen) atoms. The van der Waals surface area contributed by atoms with Gasteiger partial charge in [0.2, 0.25) is 5.95 Å². The number of aromatic nitrogens is 2. The minimum atomic E-state index is -0.198. The fourth-order valence-corrected chi connectivity index (χ4v) is 1.81. The number of nitrogens with one attached hydrogen (secondary N) is 1. The summed E-state index contributed by atoms with van der Waals surface area (Å²) in [6, 6.07) is 9.05. The molecular weight excluding hydrogens is 317 g/mol. The SMILES string of the molecule is O=C(Nc1ncccn1)c1ccccc1I. The average Bonchev–Trinajstić information content (AvgIpc) is 2.31. The Labute approximate surface area is 106 Å². The highest BCUT2D eigenvalue weighted by Crippen LogP contribution is 2.12. The topological polar surface area (TPSA) is 54.9 Å². The van der Waals surface area contributed by atoms with Crippen molar-refractivity contribution < 1.29 is 4.79 Å². The van der Waals surface area contributed by atoms with Gasteiger partial charge in [0.25, 0.3) is 5.91 Å². The van der Waals surface area contributed by atoms with Gasteiger partial charge in [-0.05, 0) is 40.8 Å². The number of rotatable bonds is 2. The third-order valence-corrected chi connectivity index (χ3v) is 2.85. The second kappa shape index (κ2) is 5.02. The molecule has 1 heterocycles. The van der Waals surface area contributed by atoms with E-state index < -0.39 is 0 Å². The molecule has 0 atom stereocenters. The second-order valence-electron chi connectivity index (χ2n) is 3.01. The van der Waals surface area contributed by atoms with Gasteiger partial charge in [0, 0.05) is 16.0 Å². The van der Waals surface area contributed by atoms with Crippen LogP contribution >= 0.6 is 22.6 Å². The van der Waals surface area contributed by atoms with Crippen molar-refractivity contribution in [2.24, 2.45) is 0 Å². The van der Waals surface area contributed by atoms with E-state index in [-0.39, 0.29) is 5.91 Å². The van der Waals surface area contributed by atoms with E-state index in [1.807, 2.05) is 18.2 Å². The first-order chi connectivity index (χ1) is 7.77. The molecule has 0 aliphatic rings. The minimum absolute atomic E-state index is 0.198. The normalized spacial score (nSPS) is 9.81. The predicted octanol–water partition coefficient (Wildman–Crippen LogP) is 2.33. The minimum Gasteiger partial charge on any atom is -0.290 e. The van der Waals surface area contributed by atoms with E-state index in [1.54, 1.807) is 24.5 Å². The molecule has 0 fully saturated rings. The summed E-state index contributed by atoms with van der Waals surface area (Å²) < 4.78 is 0.897. The lowest BCUT2D eigenvalue weighted by Gasteiger charge is -2.04. The van der Waals surface area contributed by atoms with Crippen LogP contribution in [0.2, 0.25) is 0 Å². The van der Waals surface area contributed by atoms with Crippen LogP contribution in [-0.4, -0.2) is 15.9 Å². The summed E-state index contributed by atoms with van der Waals surface area (Å²) in [5, 5.41) is 2.63. The Morgan fingerprint density at radius 2 is 1.81 bits per heavy atom. The van der Waals surface area contributed by atoms with Gasteiger partial charge in [-0.25, -0.2) is 9.97 Å².